The number of nitrogens with one attached hydrogen (secondary N) is 1. The molecule has 0 saturated carbocycles. The number of hydrogen-bond donors (Lipinski definition) is 1. The van der Waals surface area contributed by atoms with Crippen LogP contribution in [0.1, 0.15) is 30.5 Å². The summed E-state index contributed by atoms with van der Waals surface area (Å²) >= 11 is 0. The van der Waals surface area contributed by atoms with Gasteiger partial charge in [-0.15, -0.1) is 0 Å². The molecule has 2 aromatic heterocycles. The summed E-state index contributed by atoms with van der Waals surface area (Å²) in [5.74, 6) is 0.276. The first-order valence-electron chi connectivity index (χ1n) is 11.9. The number of aromatic nitrogens is 3. The molecule has 4 aromatic rings. The summed E-state index contributed by atoms with van der Waals surface area (Å²) in [5.41, 5.74) is 5.71. The largest absolute Gasteiger partial charge is 0.371 e. The molecule has 6 nitrogen and oxygen atoms in total. The molecule has 1 N–H and O–H groups in total. The molecule has 1 saturated heterocycles. The lowest BCUT2D eigenvalue weighted by molar-refractivity contribution is -0.125. The summed E-state index contributed by atoms with van der Waals surface area (Å²) in [6, 6.07) is 16.7. The van der Waals surface area contributed by atoms with Crippen molar-refractivity contribution in [3.8, 4) is 0 Å². The molecule has 0 spiro atoms. The van der Waals surface area contributed by atoms with Gasteiger partial charge in [-0.3, -0.25) is 14.5 Å². The summed E-state index contributed by atoms with van der Waals surface area (Å²) in [6.07, 6.45) is 4.52. The number of carbonyl (C=O) groups is 1. The van der Waals surface area contributed by atoms with Gasteiger partial charge in [-0.25, -0.2) is 0 Å². The van der Waals surface area contributed by atoms with E-state index in [2.05, 4.69) is 69.2 Å². The van der Waals surface area contributed by atoms with Crippen LogP contribution in [0.15, 0.2) is 54.7 Å². The highest BCUT2D eigenvalue weighted by Crippen LogP contribution is 2.30. The quantitative estimate of drug-likeness (QED) is 0.443. The minimum Gasteiger partial charge on any atom is -0.371 e. The summed E-state index contributed by atoms with van der Waals surface area (Å²) in [4.78, 5) is 19.7. The maximum absolute atomic E-state index is 12.8. The number of piperidine rings is 1. The number of pyridine rings is 1. The maximum Gasteiger partial charge on any atom is 0.223 e. The van der Waals surface area contributed by atoms with Crippen LogP contribution in [0, 0.1) is 19.8 Å². The number of aryl methyl sites for hydroxylation is 3. The fourth-order valence-electron chi connectivity index (χ4n) is 4.92. The number of fused-ring (bicyclic) bond motifs is 2. The first-order valence-corrected chi connectivity index (χ1v) is 11.9. The molecule has 170 valence electrons. The van der Waals surface area contributed by atoms with Crippen LogP contribution < -0.4 is 10.2 Å². The fourth-order valence-corrected chi connectivity index (χ4v) is 4.92. The molecule has 1 amide bonds. The standard InChI is InChI=1S/C27H31N5O/c1-19-8-9-24-23(18-19)26(10-14-28-24)31-16-11-21(12-17-31)27(33)29-13-5-15-32-20(2)22-6-3-4-7-25(22)30-32/h3-4,6-10,14,18,21H,5,11-13,15-17H2,1-2H3,(H,29,33). The molecule has 0 aliphatic carbocycles. The molecule has 3 heterocycles. The van der Waals surface area contributed by atoms with Crippen LogP contribution in [0.5, 0.6) is 0 Å². The Morgan fingerprint density at radius 2 is 1.85 bits per heavy atom. The van der Waals surface area contributed by atoms with Crippen LogP contribution in [0.3, 0.4) is 0 Å². The molecule has 1 aliphatic rings. The average Bonchev–Trinajstić information content (AvgIpc) is 3.17. The Hall–Kier alpha value is -3.41. The molecule has 0 atom stereocenters. The Balaban J connectivity index is 1.12. The average molecular weight is 442 g/mol. The fraction of sp³-hybridized carbons (Fsp3) is 0.370. The Morgan fingerprint density at radius 1 is 1.03 bits per heavy atom. The maximum atomic E-state index is 12.8. The smallest absolute Gasteiger partial charge is 0.223 e. The van der Waals surface area contributed by atoms with Crippen molar-refractivity contribution >= 4 is 33.4 Å². The van der Waals surface area contributed by atoms with Crippen molar-refractivity contribution in [2.45, 2.75) is 39.7 Å². The number of amides is 1. The van der Waals surface area contributed by atoms with E-state index in [0.29, 0.717) is 6.54 Å². The molecule has 1 fully saturated rings. The van der Waals surface area contributed by atoms with Gasteiger partial charge in [0.05, 0.1) is 11.0 Å². The zero-order valence-corrected chi connectivity index (χ0v) is 19.4. The van der Waals surface area contributed by atoms with Crippen molar-refractivity contribution in [1.82, 2.24) is 20.1 Å². The Morgan fingerprint density at radius 3 is 2.67 bits per heavy atom. The zero-order valence-electron chi connectivity index (χ0n) is 19.4. The minimum atomic E-state index is 0.0881. The molecule has 0 bridgehead atoms. The van der Waals surface area contributed by atoms with Gasteiger partial charge in [0.2, 0.25) is 5.91 Å². The molecular weight excluding hydrogens is 410 g/mol. The van der Waals surface area contributed by atoms with E-state index < -0.39 is 0 Å². The lowest BCUT2D eigenvalue weighted by atomic mass is 9.95. The lowest BCUT2D eigenvalue weighted by Gasteiger charge is -2.33. The predicted octanol–water partition coefficient (Wildman–Crippen LogP) is 4.62. The third-order valence-electron chi connectivity index (χ3n) is 6.84. The molecule has 33 heavy (non-hydrogen) atoms. The van der Waals surface area contributed by atoms with Gasteiger partial charge in [-0.1, -0.05) is 29.8 Å². The second kappa shape index (κ2) is 9.22. The van der Waals surface area contributed by atoms with Crippen molar-refractivity contribution in [3.05, 3.63) is 66.0 Å². The number of carbonyl (C=O) groups excluding carboxylic acids is 1. The highest BCUT2D eigenvalue weighted by Gasteiger charge is 2.25. The van der Waals surface area contributed by atoms with E-state index in [-0.39, 0.29) is 11.8 Å². The van der Waals surface area contributed by atoms with Crippen molar-refractivity contribution in [1.29, 1.82) is 0 Å². The number of rotatable bonds is 6. The van der Waals surface area contributed by atoms with E-state index >= 15 is 0 Å². The Kier molecular flexibility index (Phi) is 5.99. The van der Waals surface area contributed by atoms with E-state index in [1.165, 1.54) is 27.7 Å². The van der Waals surface area contributed by atoms with Crippen LogP contribution in [-0.2, 0) is 11.3 Å². The lowest BCUT2D eigenvalue weighted by Crippen LogP contribution is -2.41. The van der Waals surface area contributed by atoms with Crippen molar-refractivity contribution in [3.63, 3.8) is 0 Å². The third-order valence-corrected chi connectivity index (χ3v) is 6.84. The predicted molar refractivity (Wildman–Crippen MR) is 134 cm³/mol. The number of hydrogen-bond acceptors (Lipinski definition) is 4. The van der Waals surface area contributed by atoms with Gasteiger partial charge in [0, 0.05) is 60.4 Å². The van der Waals surface area contributed by atoms with Crippen LogP contribution in [0.4, 0.5) is 5.69 Å². The highest BCUT2D eigenvalue weighted by molar-refractivity contribution is 5.92. The van der Waals surface area contributed by atoms with Crippen molar-refractivity contribution < 1.29 is 4.79 Å². The number of nitrogens with zero attached hydrogens (tertiary/aromatic N) is 4. The van der Waals surface area contributed by atoms with Crippen LogP contribution >= 0.6 is 0 Å². The van der Waals surface area contributed by atoms with Crippen molar-refractivity contribution in [2.24, 2.45) is 5.92 Å². The Bertz CT molecular complexity index is 1290. The summed E-state index contributed by atoms with van der Waals surface area (Å²) in [6.45, 7) is 7.50. The third kappa shape index (κ3) is 4.42. The molecule has 2 aromatic carbocycles. The van der Waals surface area contributed by atoms with E-state index in [0.717, 1.165) is 49.9 Å². The normalized spacial score (nSPS) is 14.8. The van der Waals surface area contributed by atoms with Gasteiger partial charge in [-0.2, -0.15) is 5.10 Å². The molecule has 0 unspecified atom stereocenters. The first kappa shape index (κ1) is 21.4. The van der Waals surface area contributed by atoms with Crippen LogP contribution in [0.25, 0.3) is 21.8 Å². The summed E-state index contributed by atoms with van der Waals surface area (Å²) in [5, 5.41) is 10.2. The Labute approximate surface area is 194 Å². The zero-order chi connectivity index (χ0) is 22.8. The monoisotopic (exact) mass is 441 g/mol. The van der Waals surface area contributed by atoms with Gasteiger partial charge in [0.25, 0.3) is 0 Å². The van der Waals surface area contributed by atoms with E-state index in [1.807, 2.05) is 24.4 Å². The molecular formula is C27H31N5O. The van der Waals surface area contributed by atoms with E-state index in [9.17, 15) is 4.79 Å². The van der Waals surface area contributed by atoms with Gasteiger partial charge < -0.3 is 10.2 Å². The van der Waals surface area contributed by atoms with E-state index in [1.54, 1.807) is 0 Å². The summed E-state index contributed by atoms with van der Waals surface area (Å²) < 4.78 is 2.05. The van der Waals surface area contributed by atoms with Crippen LogP contribution in [0.2, 0.25) is 0 Å². The molecule has 0 radical (unpaired) electrons. The minimum absolute atomic E-state index is 0.0881. The van der Waals surface area contributed by atoms with Gasteiger partial charge in [0.15, 0.2) is 0 Å². The second-order valence-electron chi connectivity index (χ2n) is 9.08. The van der Waals surface area contributed by atoms with Gasteiger partial charge in [-0.05, 0) is 57.4 Å². The van der Waals surface area contributed by atoms with Crippen LogP contribution in [-0.4, -0.2) is 40.3 Å². The number of anilines is 1. The first-order chi connectivity index (χ1) is 16.1. The summed E-state index contributed by atoms with van der Waals surface area (Å²) in [7, 11) is 0. The molecule has 5 rings (SSSR count). The second-order valence-corrected chi connectivity index (χ2v) is 9.08. The van der Waals surface area contributed by atoms with Gasteiger partial charge >= 0.3 is 0 Å². The topological polar surface area (TPSA) is 63.1 Å². The van der Waals surface area contributed by atoms with Gasteiger partial charge in [0.1, 0.15) is 0 Å². The van der Waals surface area contributed by atoms with Crippen molar-refractivity contribution in [2.75, 3.05) is 24.5 Å². The molecule has 6 heteroatoms. The SMILES string of the molecule is Cc1ccc2nccc(N3CCC(C(=O)NCCCn4nc5ccccc5c4C)CC3)c2c1. The number of benzene rings is 2. The highest BCUT2D eigenvalue weighted by atomic mass is 16.1. The van der Waals surface area contributed by atoms with E-state index in [4.69, 9.17) is 0 Å². The molecule has 1 aliphatic heterocycles.